The Morgan fingerprint density at radius 1 is 0.454 bits per heavy atom. The van der Waals surface area contributed by atoms with Crippen LogP contribution in [0.3, 0.4) is 0 Å². The monoisotopic (exact) mass is 1990 g/mol. The highest BCUT2D eigenvalue weighted by Crippen LogP contribution is 2.36. The zero-order valence-corrected chi connectivity index (χ0v) is 77.6. The number of H-pyrrole nitrogens is 1. The second kappa shape index (κ2) is 44.6. The van der Waals surface area contributed by atoms with E-state index in [-0.39, 0.29) is 71.1 Å². The third-order valence-corrected chi connectivity index (χ3v) is 18.1. The molecule has 0 saturated carbocycles. The predicted molar refractivity (Wildman–Crippen MR) is 479 cm³/mol. The molecule has 0 fully saturated rings. The maximum absolute atomic E-state index is 14.1. The molecular weight excluding hydrogens is 1920 g/mol. The average molecular weight is 1990 g/mol. The van der Waals surface area contributed by atoms with E-state index in [1.807, 2.05) is 77.5 Å². The molecule has 0 amide bonds. The van der Waals surface area contributed by atoms with E-state index in [1.165, 1.54) is 26.4 Å². The molecule has 0 aliphatic heterocycles. The summed E-state index contributed by atoms with van der Waals surface area (Å²) in [5.41, 5.74) is 24.4. The van der Waals surface area contributed by atoms with E-state index < -0.39 is 29.4 Å². The van der Waals surface area contributed by atoms with E-state index in [2.05, 4.69) is 158 Å². The van der Waals surface area contributed by atoms with Gasteiger partial charge >= 0.3 is 12.8 Å². The van der Waals surface area contributed by atoms with Gasteiger partial charge in [-0.1, -0.05) is 152 Å². The van der Waals surface area contributed by atoms with Gasteiger partial charge in [-0.05, 0) is 125 Å². The van der Waals surface area contributed by atoms with Crippen LogP contribution in [0, 0.1) is 56.4 Å². The number of nitrogens with two attached hydrogens (primary N) is 3. The number of nitrogen functional groups attached to an aromatic ring is 3. The molecule has 636 valence electrons. The molecule has 32 nitrogen and oxygen atoms in total. The van der Waals surface area contributed by atoms with Crippen molar-refractivity contribution in [1.29, 1.82) is 0 Å². The molecular formula is C71H77BCl12F2IN25O7. The van der Waals surface area contributed by atoms with E-state index >= 15 is 0 Å². The Hall–Kier alpha value is -8.19. The number of fused-ring (bicyclic) bond motifs is 5. The van der Waals surface area contributed by atoms with Crippen LogP contribution in [0.4, 0.5) is 31.5 Å². The number of halogens is 15. The summed E-state index contributed by atoms with van der Waals surface area (Å²) in [6, 6.07) is 12.3. The zero-order chi connectivity index (χ0) is 89.4. The molecule has 119 heavy (non-hydrogen) atoms. The summed E-state index contributed by atoms with van der Waals surface area (Å²) < 4.78 is 51.0. The maximum atomic E-state index is 14.1. The molecule has 0 bridgehead atoms. The number of anilines is 3. The van der Waals surface area contributed by atoms with Gasteiger partial charge in [0.25, 0.3) is 0 Å². The maximum Gasteiger partial charge on any atom is 0.508 e. The van der Waals surface area contributed by atoms with Crippen molar-refractivity contribution in [2.45, 2.75) is 132 Å². The Bertz CT molecular complexity index is 5880. The van der Waals surface area contributed by atoms with Crippen LogP contribution in [0.5, 0.6) is 17.6 Å². The van der Waals surface area contributed by atoms with Gasteiger partial charge < -0.3 is 64.7 Å². The fourth-order valence-electron chi connectivity index (χ4n) is 11.1. The van der Waals surface area contributed by atoms with Gasteiger partial charge in [-0.3, -0.25) is 10.1 Å². The highest BCUT2D eigenvalue weighted by molar-refractivity contribution is 14.1. The van der Waals surface area contributed by atoms with Crippen molar-refractivity contribution in [1.82, 2.24) is 103 Å². The predicted octanol–water partition coefficient (Wildman–Crippen LogP) is 20.0. The first-order chi connectivity index (χ1) is 55.6. The molecule has 0 aliphatic rings. The molecule has 0 radical (unpaired) electrons. The number of imidazole rings is 5. The summed E-state index contributed by atoms with van der Waals surface area (Å²) >= 11 is 69.7. The number of nitrogens with zero attached hydrogens (tertiary/aromatic N) is 21. The summed E-state index contributed by atoms with van der Waals surface area (Å²) in [6.45, 7) is 30.4. The number of hydrogen-bond donors (Lipinski definition) is 6. The third kappa shape index (κ3) is 26.4. The van der Waals surface area contributed by atoms with E-state index in [1.54, 1.807) is 31.4 Å². The molecule has 48 heteroatoms. The van der Waals surface area contributed by atoms with Gasteiger partial charge in [-0.2, -0.15) is 4.98 Å². The number of aromatic nitrogens is 21. The molecule has 9 N–H and O–H groups in total. The Kier molecular flexibility index (Phi) is 37.3. The van der Waals surface area contributed by atoms with Crippen molar-refractivity contribution in [3.8, 4) is 29.0 Å². The topological polar surface area (TPSA) is 431 Å². The number of methoxy groups -OCH3 is 3. The largest absolute Gasteiger partial charge is 0.508 e. The average Bonchev–Trinajstić information content (AvgIpc) is 1.65. The lowest BCUT2D eigenvalue weighted by Gasteiger charge is -2.12. The normalized spacial score (nSPS) is 10.9. The number of nitro groups is 1. The van der Waals surface area contributed by atoms with Crippen molar-refractivity contribution < 1.29 is 38.0 Å². The van der Waals surface area contributed by atoms with Gasteiger partial charge in [0, 0.05) is 58.4 Å². The van der Waals surface area contributed by atoms with E-state index in [4.69, 9.17) is 171 Å². The number of hydrogen-bond acceptors (Lipinski definition) is 26. The minimum Gasteiger partial charge on any atom is -0.479 e. The Labute approximate surface area is 754 Å². The first-order valence-corrected chi connectivity index (χ1v) is 40.4. The molecule has 14 aromatic heterocycles. The number of aryl methyl sites for hydroxylation is 5. The van der Waals surface area contributed by atoms with Crippen molar-refractivity contribution in [2.75, 3.05) is 38.5 Å². The summed E-state index contributed by atoms with van der Waals surface area (Å²) in [5.74, 6) is 4.15. The molecule has 14 rings (SSSR count). The molecule has 0 spiro atoms. The highest BCUT2D eigenvalue weighted by atomic mass is 127. The van der Waals surface area contributed by atoms with Gasteiger partial charge in [0.2, 0.25) is 33.4 Å². The molecule has 14 aromatic rings. The van der Waals surface area contributed by atoms with E-state index in [9.17, 15) is 28.9 Å². The Balaban J connectivity index is 0.000000213. The van der Waals surface area contributed by atoms with Crippen LogP contribution in [-0.4, -0.2) is 150 Å². The Morgan fingerprint density at radius 2 is 0.824 bits per heavy atom. The van der Waals surface area contributed by atoms with Crippen molar-refractivity contribution >= 4 is 252 Å². The fraction of sp³-hybridized carbons (Fsp3) is 0.324. The van der Waals surface area contributed by atoms with Crippen LogP contribution in [0.2, 0.25) is 62.1 Å². The zero-order valence-electron chi connectivity index (χ0n) is 66.4. The number of nitrogens with one attached hydrogen (secondary N) is 1. The quantitative estimate of drug-likeness (QED) is 0.0108. The third-order valence-electron chi connectivity index (χ3n) is 15.4. The van der Waals surface area contributed by atoms with Crippen LogP contribution in [0.15, 0.2) is 54.9 Å². The standard InChI is InChI=1S/C15H15ClFN5O.C11H16BN3O3.C11H14ClN3O.C10H11Cl2N3.C7H5Cl2N3.C5H3Cl2N3O2.C5H5Cl2N3.C4HCl2FN2.C3H7I/c1-7(2)22-8(3)19-13-11(22)5-10(20-14(13)23-4)12-9(17)6-18-15(16)21-12;1-6(2)15-7(3)13-10-8(15)5-9(12(16)17)14-11(10)18-4;1-6(2)15-7(3)13-10-8(15)5-9(12)14-11(10)16-4;1-5(2)15-6(3)13-9-7(15)4-8(11)14-10(9)12;1-3-10-4-2-5(8)12-7(9)6(4)11-3;6-3-1-2(8)4(10(11)12)5(7)9-3;6-3-1-2(8)4(9)5(7)10-3;5-3-2(7)1-8-4(6)9-3;1-3(2)4/h5-7H,1-4H3;5-6,16-17H,1-4H3;5-6H,1-4H3;4-5H,1-3H3;2H,1H3,(H,10,11);1H,(H2,8,9);1H,9H2,(H2,8,10);1H;3H,1-2H3. The van der Waals surface area contributed by atoms with E-state index in [0.717, 1.165) is 78.5 Å². The lowest BCUT2D eigenvalue weighted by atomic mass is 9.85. The smallest absolute Gasteiger partial charge is 0.479 e. The van der Waals surface area contributed by atoms with Gasteiger partial charge in [0.1, 0.15) is 77.3 Å². The first-order valence-electron chi connectivity index (χ1n) is 34.6. The molecule has 14 heterocycles. The van der Waals surface area contributed by atoms with Crippen LogP contribution in [0.1, 0.15) is 123 Å². The van der Waals surface area contributed by atoms with Crippen LogP contribution in [-0.2, 0) is 0 Å². The van der Waals surface area contributed by atoms with Gasteiger partial charge in [-0.15, -0.1) is 0 Å². The lowest BCUT2D eigenvalue weighted by molar-refractivity contribution is -0.384. The molecule has 0 saturated heterocycles. The van der Waals surface area contributed by atoms with Gasteiger partial charge in [-0.25, -0.2) is 83.5 Å². The van der Waals surface area contributed by atoms with Crippen molar-refractivity contribution in [2.24, 2.45) is 0 Å². The SMILES string of the molecule is CC(C)I.COc1nc(-c2nc(Cl)ncc2F)cc2c1nc(C)n2C(C)C.COc1nc(B(O)O)cc2c1nc(C)n2C(C)C.COc1nc(Cl)cc2c1nc(C)n2C(C)C.Cc1nc2c(Cl)nc(Cl)cc2[nH]1.Cc1nc2c(Cl)nc(Cl)cc2n1C(C)C.Fc1cnc(Cl)nc1Cl.Nc1cc(Cl)nc(Cl)c1N.Nc1cc(Cl)nc(Cl)c1[N+](=O)[O-]. The number of ether oxygens (including phenoxy) is 3. The number of alkyl halides is 1. The second-order valence-electron chi connectivity index (χ2n) is 25.8. The van der Waals surface area contributed by atoms with Crippen LogP contribution >= 0.6 is 162 Å². The van der Waals surface area contributed by atoms with E-state index in [0.29, 0.717) is 88.9 Å². The molecule has 0 aliphatic carbocycles. The lowest BCUT2D eigenvalue weighted by Crippen LogP contribution is -2.33. The summed E-state index contributed by atoms with van der Waals surface area (Å²) in [4.78, 5) is 76.2. The number of aromatic amines is 1. The molecule has 0 unspecified atom stereocenters. The first kappa shape index (κ1) is 99.6. The second-order valence-corrected chi connectivity index (χ2v) is 32.7. The minimum absolute atomic E-state index is 0.0272. The summed E-state index contributed by atoms with van der Waals surface area (Å²) in [5, 5.41) is 30.5. The number of pyridine rings is 7. The van der Waals surface area contributed by atoms with Crippen LogP contribution in [0.25, 0.3) is 66.6 Å². The molecule has 0 atom stereocenters. The number of rotatable bonds is 10. The Morgan fingerprint density at radius 3 is 1.25 bits per heavy atom. The van der Waals surface area contributed by atoms with Crippen LogP contribution < -0.4 is 37.0 Å². The fourth-order valence-corrected chi connectivity index (χ4v) is 13.6. The van der Waals surface area contributed by atoms with Crippen molar-refractivity contribution in [3.05, 3.63) is 168 Å². The minimum atomic E-state index is -1.63. The summed E-state index contributed by atoms with van der Waals surface area (Å²) in [6.07, 6.45) is 1.94. The van der Waals surface area contributed by atoms with Crippen molar-refractivity contribution in [3.63, 3.8) is 0 Å². The van der Waals surface area contributed by atoms with Gasteiger partial charge in [0.05, 0.1) is 88.9 Å². The van der Waals surface area contributed by atoms with Gasteiger partial charge in [0.15, 0.2) is 48.8 Å². The highest BCUT2D eigenvalue weighted by Gasteiger charge is 2.25. The molecule has 0 aromatic carbocycles. The summed E-state index contributed by atoms with van der Waals surface area (Å²) in [7, 11) is 2.93.